The number of carbonyl (C=O) groups excluding carboxylic acids is 1. The van der Waals surface area contributed by atoms with E-state index in [1.807, 2.05) is 0 Å². The summed E-state index contributed by atoms with van der Waals surface area (Å²) in [4.78, 5) is 10.8. The van der Waals surface area contributed by atoms with Gasteiger partial charge in [-0.15, -0.1) is 0 Å². The van der Waals surface area contributed by atoms with Crippen LogP contribution in [0.5, 0.6) is 0 Å². The number of esters is 1. The predicted molar refractivity (Wildman–Crippen MR) is 60.5 cm³/mol. The minimum atomic E-state index is -0.709. The molecule has 3 nitrogen and oxygen atoms in total. The van der Waals surface area contributed by atoms with Crippen molar-refractivity contribution in [2.45, 2.75) is 51.6 Å². The fourth-order valence-corrected chi connectivity index (χ4v) is 1.33. The molecule has 0 spiro atoms. The molecule has 1 unspecified atom stereocenters. The van der Waals surface area contributed by atoms with Crippen molar-refractivity contribution in [2.75, 3.05) is 7.11 Å². The molecule has 0 heterocycles. The van der Waals surface area contributed by atoms with Gasteiger partial charge in [-0.25, -0.2) is 4.79 Å². The van der Waals surface area contributed by atoms with Gasteiger partial charge in [-0.05, 0) is 19.8 Å². The van der Waals surface area contributed by atoms with Gasteiger partial charge in [0.15, 0.2) is 0 Å². The third kappa shape index (κ3) is 8.18. The first-order valence-electron chi connectivity index (χ1n) is 5.48. The minimum absolute atomic E-state index is 0.376. The average molecular weight is 214 g/mol. The highest BCUT2D eigenvalue weighted by Gasteiger charge is 2.17. The quantitative estimate of drug-likeness (QED) is 0.402. The molecule has 1 N–H and O–H groups in total. The summed E-state index contributed by atoms with van der Waals surface area (Å²) >= 11 is 0. The molecule has 0 aromatic carbocycles. The van der Waals surface area contributed by atoms with Gasteiger partial charge in [-0.1, -0.05) is 32.3 Å². The van der Waals surface area contributed by atoms with E-state index in [-0.39, 0.29) is 5.97 Å². The molecule has 88 valence electrons. The molecule has 0 fully saturated rings. The monoisotopic (exact) mass is 214 g/mol. The summed E-state index contributed by atoms with van der Waals surface area (Å²) in [6.07, 6.45) is 7.59. The van der Waals surface area contributed by atoms with Crippen LogP contribution in [0.3, 0.4) is 0 Å². The Kier molecular flexibility index (Phi) is 7.05. The third-order valence-electron chi connectivity index (χ3n) is 2.33. The molecule has 0 aliphatic carbocycles. The zero-order valence-corrected chi connectivity index (χ0v) is 9.95. The summed E-state index contributed by atoms with van der Waals surface area (Å²) in [6.45, 7) is 3.93. The second-order valence-electron chi connectivity index (χ2n) is 4.08. The Balaban J connectivity index is 3.82. The fraction of sp³-hybridized carbons (Fsp3) is 0.750. The average Bonchev–Trinajstić information content (AvgIpc) is 2.17. The van der Waals surface area contributed by atoms with Crippen LogP contribution in [0.4, 0.5) is 0 Å². The Labute approximate surface area is 92.1 Å². The Morgan fingerprint density at radius 1 is 1.47 bits per heavy atom. The summed E-state index contributed by atoms with van der Waals surface area (Å²) in [7, 11) is 1.34. The lowest BCUT2D eigenvalue weighted by Gasteiger charge is -2.21. The first-order valence-corrected chi connectivity index (χ1v) is 5.48. The highest BCUT2D eigenvalue weighted by atomic mass is 16.5. The molecule has 3 heteroatoms. The fourth-order valence-electron chi connectivity index (χ4n) is 1.33. The third-order valence-corrected chi connectivity index (χ3v) is 2.33. The molecule has 0 saturated heterocycles. The number of hydrogen-bond acceptors (Lipinski definition) is 3. The maximum Gasteiger partial charge on any atom is 0.330 e. The second kappa shape index (κ2) is 7.46. The summed E-state index contributed by atoms with van der Waals surface area (Å²) in [5, 5.41) is 9.92. The van der Waals surface area contributed by atoms with Crippen molar-refractivity contribution < 1.29 is 14.6 Å². The molecule has 0 amide bonds. The number of methoxy groups -OCH3 is 1. The molecule has 0 aliphatic rings. The van der Waals surface area contributed by atoms with Crippen LogP contribution < -0.4 is 0 Å². The van der Waals surface area contributed by atoms with Crippen molar-refractivity contribution >= 4 is 5.97 Å². The number of rotatable bonds is 7. The number of hydrogen-bond donors (Lipinski definition) is 1. The molecule has 0 aromatic heterocycles. The molecule has 0 rings (SSSR count). The van der Waals surface area contributed by atoms with Crippen LogP contribution in [0.2, 0.25) is 0 Å². The topological polar surface area (TPSA) is 46.5 Å². The van der Waals surface area contributed by atoms with E-state index in [2.05, 4.69) is 11.7 Å². The minimum Gasteiger partial charge on any atom is -0.466 e. The van der Waals surface area contributed by atoms with Gasteiger partial charge < -0.3 is 9.84 Å². The summed E-state index contributed by atoms with van der Waals surface area (Å²) in [5.41, 5.74) is -0.709. The van der Waals surface area contributed by atoms with E-state index in [1.54, 1.807) is 13.0 Å². The lowest BCUT2D eigenvalue weighted by atomic mass is 9.95. The smallest absolute Gasteiger partial charge is 0.330 e. The van der Waals surface area contributed by atoms with E-state index in [9.17, 15) is 9.90 Å². The molecule has 0 aliphatic heterocycles. The number of aliphatic hydroxyl groups is 1. The predicted octanol–water partition coefficient (Wildman–Crippen LogP) is 2.44. The van der Waals surface area contributed by atoms with Crippen molar-refractivity contribution in [2.24, 2.45) is 0 Å². The van der Waals surface area contributed by atoms with E-state index in [1.165, 1.54) is 13.2 Å². The van der Waals surface area contributed by atoms with Gasteiger partial charge in [-0.2, -0.15) is 0 Å². The van der Waals surface area contributed by atoms with Crippen LogP contribution in [0.25, 0.3) is 0 Å². The van der Waals surface area contributed by atoms with Gasteiger partial charge >= 0.3 is 5.97 Å². The van der Waals surface area contributed by atoms with E-state index < -0.39 is 5.60 Å². The van der Waals surface area contributed by atoms with Gasteiger partial charge in [-0.3, -0.25) is 0 Å². The van der Waals surface area contributed by atoms with Crippen molar-refractivity contribution in [1.82, 2.24) is 0 Å². The lowest BCUT2D eigenvalue weighted by Crippen LogP contribution is -2.22. The molecule has 15 heavy (non-hydrogen) atoms. The maximum atomic E-state index is 10.8. The van der Waals surface area contributed by atoms with Gasteiger partial charge in [0.2, 0.25) is 0 Å². The first kappa shape index (κ1) is 14.2. The van der Waals surface area contributed by atoms with Crippen LogP contribution in [-0.4, -0.2) is 23.8 Å². The van der Waals surface area contributed by atoms with Crippen LogP contribution >= 0.6 is 0 Å². The van der Waals surface area contributed by atoms with Gasteiger partial charge in [0.25, 0.3) is 0 Å². The van der Waals surface area contributed by atoms with Crippen LogP contribution in [-0.2, 0) is 9.53 Å². The van der Waals surface area contributed by atoms with Crippen molar-refractivity contribution in [1.29, 1.82) is 0 Å². The van der Waals surface area contributed by atoms with E-state index in [0.717, 1.165) is 25.7 Å². The van der Waals surface area contributed by atoms with Crippen LogP contribution in [0.1, 0.15) is 46.0 Å². The van der Waals surface area contributed by atoms with Crippen molar-refractivity contribution in [3.63, 3.8) is 0 Å². The highest BCUT2D eigenvalue weighted by Crippen LogP contribution is 2.18. The van der Waals surface area contributed by atoms with Crippen molar-refractivity contribution in [3.8, 4) is 0 Å². The molecule has 0 saturated carbocycles. The van der Waals surface area contributed by atoms with E-state index >= 15 is 0 Å². The summed E-state index contributed by atoms with van der Waals surface area (Å²) in [5.74, 6) is -0.376. The van der Waals surface area contributed by atoms with Gasteiger partial charge in [0.05, 0.1) is 12.7 Å². The van der Waals surface area contributed by atoms with E-state index in [0.29, 0.717) is 6.42 Å². The molecule has 1 atom stereocenters. The highest BCUT2D eigenvalue weighted by molar-refractivity contribution is 5.81. The Hall–Kier alpha value is -0.830. The van der Waals surface area contributed by atoms with Gasteiger partial charge in [0.1, 0.15) is 0 Å². The largest absolute Gasteiger partial charge is 0.466 e. The Bertz CT molecular complexity index is 207. The van der Waals surface area contributed by atoms with Crippen LogP contribution in [0.15, 0.2) is 12.2 Å². The maximum absolute atomic E-state index is 10.8. The molecule has 0 radical (unpaired) electrons. The van der Waals surface area contributed by atoms with E-state index in [4.69, 9.17) is 0 Å². The zero-order chi connectivity index (χ0) is 11.7. The summed E-state index contributed by atoms with van der Waals surface area (Å²) < 4.78 is 4.46. The number of unbranched alkanes of at least 4 members (excludes halogenated alkanes) is 2. The standard InChI is InChI=1S/C12H22O3/c1-4-5-6-9-12(2,14)10-7-8-11(13)15-3/h7-8,14H,4-6,9-10H2,1-3H3/b8-7+. The van der Waals surface area contributed by atoms with Gasteiger partial charge in [0, 0.05) is 6.08 Å². The Morgan fingerprint density at radius 2 is 2.13 bits per heavy atom. The lowest BCUT2D eigenvalue weighted by molar-refractivity contribution is -0.134. The second-order valence-corrected chi connectivity index (χ2v) is 4.08. The first-order chi connectivity index (χ1) is 7.02. The SMILES string of the molecule is CCCCCC(C)(O)C/C=C/C(=O)OC. The zero-order valence-electron chi connectivity index (χ0n) is 9.95. The Morgan fingerprint density at radius 3 is 2.67 bits per heavy atom. The molecule has 0 aromatic rings. The number of carbonyl (C=O) groups is 1. The molecular formula is C12H22O3. The van der Waals surface area contributed by atoms with Crippen LogP contribution in [0, 0.1) is 0 Å². The normalized spacial score (nSPS) is 15.2. The molecular weight excluding hydrogens is 192 g/mol. The number of ether oxygens (including phenoxy) is 1. The summed E-state index contributed by atoms with van der Waals surface area (Å²) in [6, 6.07) is 0. The molecule has 0 bridgehead atoms. The van der Waals surface area contributed by atoms with Crippen molar-refractivity contribution in [3.05, 3.63) is 12.2 Å².